The van der Waals surface area contributed by atoms with Gasteiger partial charge in [-0.25, -0.2) is 0 Å². The Morgan fingerprint density at radius 1 is 0.667 bits per heavy atom. The van der Waals surface area contributed by atoms with Crippen molar-refractivity contribution in [3.05, 3.63) is 101 Å². The van der Waals surface area contributed by atoms with Gasteiger partial charge in [-0.3, -0.25) is 0 Å². The molecule has 5 aromatic rings. The van der Waals surface area contributed by atoms with Crippen LogP contribution in [0.3, 0.4) is 0 Å². The van der Waals surface area contributed by atoms with Gasteiger partial charge in [0.25, 0.3) is 0 Å². The second kappa shape index (κ2) is 7.66. The third-order valence-electron chi connectivity index (χ3n) is 6.05. The van der Waals surface area contributed by atoms with Crippen LogP contribution in [-0.2, 0) is 12.8 Å². The fraction of sp³-hybridized carbons (Fsp3) is 0.143. The predicted molar refractivity (Wildman–Crippen MR) is 130 cm³/mol. The van der Waals surface area contributed by atoms with Crippen LogP contribution in [0.4, 0.5) is 0 Å². The molecule has 2 heteroatoms. The molecule has 0 N–H and O–H groups in total. The van der Waals surface area contributed by atoms with Crippen LogP contribution in [0.25, 0.3) is 38.6 Å². The number of hydrogen-bond donors (Lipinski definition) is 0. The summed E-state index contributed by atoms with van der Waals surface area (Å²) >= 11 is 6.35. The molecule has 0 saturated carbocycles. The Kier molecular flexibility index (Phi) is 4.84. The van der Waals surface area contributed by atoms with Crippen molar-refractivity contribution in [2.75, 3.05) is 0 Å². The third kappa shape index (κ3) is 2.93. The van der Waals surface area contributed by atoms with Crippen LogP contribution in [0.2, 0.25) is 5.02 Å². The molecule has 0 fully saturated rings. The Bertz CT molecular complexity index is 1320. The molecule has 0 bridgehead atoms. The van der Waals surface area contributed by atoms with Crippen molar-refractivity contribution in [2.45, 2.75) is 26.7 Å². The molecule has 5 rings (SSSR count). The van der Waals surface area contributed by atoms with Crippen molar-refractivity contribution in [3.63, 3.8) is 0 Å². The van der Waals surface area contributed by atoms with Crippen LogP contribution >= 0.6 is 11.6 Å². The number of rotatable bonds is 4. The van der Waals surface area contributed by atoms with Crippen molar-refractivity contribution in [3.8, 4) is 16.8 Å². The van der Waals surface area contributed by atoms with Gasteiger partial charge in [0.1, 0.15) is 0 Å². The summed E-state index contributed by atoms with van der Waals surface area (Å²) in [7, 11) is 0. The number of aromatic nitrogens is 1. The van der Waals surface area contributed by atoms with E-state index in [0.29, 0.717) is 0 Å². The van der Waals surface area contributed by atoms with Gasteiger partial charge in [-0.2, -0.15) is 0 Å². The molecule has 0 aliphatic rings. The van der Waals surface area contributed by atoms with Gasteiger partial charge in [0.2, 0.25) is 0 Å². The highest BCUT2D eigenvalue weighted by atomic mass is 35.5. The molecule has 1 nitrogen and oxygen atoms in total. The van der Waals surface area contributed by atoms with Crippen LogP contribution in [0.15, 0.2) is 84.9 Å². The lowest BCUT2D eigenvalue weighted by atomic mass is 9.91. The van der Waals surface area contributed by atoms with Crippen molar-refractivity contribution in [2.24, 2.45) is 0 Å². The zero-order valence-electron chi connectivity index (χ0n) is 17.3. The minimum Gasteiger partial charge on any atom is -0.309 e. The highest BCUT2D eigenvalue weighted by Gasteiger charge is 2.18. The molecule has 4 aromatic carbocycles. The number of hydrogen-bond acceptors (Lipinski definition) is 0. The van der Waals surface area contributed by atoms with E-state index in [1.54, 1.807) is 0 Å². The van der Waals surface area contributed by atoms with Gasteiger partial charge in [0.05, 0.1) is 16.7 Å². The number of benzene rings is 4. The van der Waals surface area contributed by atoms with Crippen molar-refractivity contribution < 1.29 is 0 Å². The van der Waals surface area contributed by atoms with Gasteiger partial charge in [0.15, 0.2) is 0 Å². The van der Waals surface area contributed by atoms with E-state index in [0.717, 1.165) is 17.9 Å². The molecule has 0 saturated heterocycles. The van der Waals surface area contributed by atoms with Gasteiger partial charge < -0.3 is 4.57 Å². The van der Waals surface area contributed by atoms with Gasteiger partial charge in [-0.1, -0.05) is 80.0 Å². The van der Waals surface area contributed by atoms with E-state index in [9.17, 15) is 0 Å². The van der Waals surface area contributed by atoms with Gasteiger partial charge in [0, 0.05) is 21.4 Å². The maximum atomic E-state index is 6.35. The number of halogens is 1. The van der Waals surface area contributed by atoms with E-state index in [1.807, 2.05) is 6.07 Å². The molecule has 0 aliphatic heterocycles. The van der Waals surface area contributed by atoms with Crippen LogP contribution < -0.4 is 0 Å². The van der Waals surface area contributed by atoms with E-state index >= 15 is 0 Å². The van der Waals surface area contributed by atoms with Crippen molar-refractivity contribution in [1.29, 1.82) is 0 Å². The quantitative estimate of drug-likeness (QED) is 0.281. The summed E-state index contributed by atoms with van der Waals surface area (Å²) in [6, 6.07) is 30.4. The number of nitrogens with zero attached hydrogens (tertiary/aromatic N) is 1. The average molecular weight is 410 g/mol. The first-order valence-electron chi connectivity index (χ1n) is 10.6. The van der Waals surface area contributed by atoms with E-state index in [2.05, 4.69) is 97.3 Å². The fourth-order valence-electron chi connectivity index (χ4n) is 4.66. The minimum absolute atomic E-state index is 0.794. The fourth-order valence-corrected chi connectivity index (χ4v) is 4.85. The number of aryl methyl sites for hydroxylation is 2. The maximum Gasteiger partial charge on any atom is 0.0543 e. The van der Waals surface area contributed by atoms with Crippen molar-refractivity contribution >= 4 is 33.4 Å². The Labute approximate surface area is 182 Å². The minimum atomic E-state index is 0.794. The van der Waals surface area contributed by atoms with Gasteiger partial charge in [-0.15, -0.1) is 0 Å². The average Bonchev–Trinajstić information content (AvgIpc) is 3.13. The summed E-state index contributed by atoms with van der Waals surface area (Å²) < 4.78 is 2.42. The molecule has 0 amide bonds. The Morgan fingerprint density at radius 3 is 1.93 bits per heavy atom. The Balaban J connectivity index is 1.93. The molecule has 0 atom stereocenters. The smallest absolute Gasteiger partial charge is 0.0543 e. The summed E-state index contributed by atoms with van der Waals surface area (Å²) in [4.78, 5) is 0. The van der Waals surface area contributed by atoms with Gasteiger partial charge >= 0.3 is 0 Å². The third-order valence-corrected chi connectivity index (χ3v) is 6.28. The number of fused-ring (bicyclic) bond motifs is 3. The first-order chi connectivity index (χ1) is 14.7. The molecule has 30 heavy (non-hydrogen) atoms. The predicted octanol–water partition coefficient (Wildman–Crippen LogP) is 8.23. The SMILES string of the molecule is CCc1cc(Cl)ccc1-c1c(CC)cccc1-n1c2ccccc2c2ccccc21. The summed E-state index contributed by atoms with van der Waals surface area (Å²) in [6.07, 6.45) is 1.92. The maximum absolute atomic E-state index is 6.35. The Morgan fingerprint density at radius 2 is 1.30 bits per heavy atom. The molecule has 0 aliphatic carbocycles. The molecule has 1 aromatic heterocycles. The van der Waals surface area contributed by atoms with Crippen LogP contribution in [0.5, 0.6) is 0 Å². The van der Waals surface area contributed by atoms with E-state index in [-0.39, 0.29) is 0 Å². The van der Waals surface area contributed by atoms with Crippen LogP contribution in [0, 0.1) is 0 Å². The first-order valence-corrected chi connectivity index (χ1v) is 11.0. The lowest BCUT2D eigenvalue weighted by Gasteiger charge is -2.19. The molecule has 0 spiro atoms. The summed E-state index contributed by atoms with van der Waals surface area (Å²) in [6.45, 7) is 4.43. The molecule has 148 valence electrons. The van der Waals surface area contributed by atoms with E-state index in [4.69, 9.17) is 11.6 Å². The lowest BCUT2D eigenvalue weighted by Crippen LogP contribution is -2.02. The standard InChI is InChI=1S/C28H24ClN/c1-3-19-10-9-15-27(28(19)22-17-16-21(29)18-20(22)4-2)30-25-13-7-5-11-23(25)24-12-6-8-14-26(24)30/h5-18H,3-4H2,1-2H3. The molecular formula is C28H24ClN. The first kappa shape index (κ1) is 19.0. The Hall–Kier alpha value is -3.03. The van der Waals surface area contributed by atoms with Gasteiger partial charge in [-0.05, 0) is 59.9 Å². The second-order valence-corrected chi connectivity index (χ2v) is 8.13. The van der Waals surface area contributed by atoms with E-state index < -0.39 is 0 Å². The molecule has 0 unspecified atom stereocenters. The van der Waals surface area contributed by atoms with E-state index in [1.165, 1.54) is 49.7 Å². The van der Waals surface area contributed by atoms with Crippen LogP contribution in [0.1, 0.15) is 25.0 Å². The zero-order chi connectivity index (χ0) is 20.7. The molecule has 1 heterocycles. The topological polar surface area (TPSA) is 4.93 Å². The number of para-hydroxylation sites is 2. The highest BCUT2D eigenvalue weighted by molar-refractivity contribution is 6.30. The molecular weight excluding hydrogens is 386 g/mol. The lowest BCUT2D eigenvalue weighted by molar-refractivity contribution is 1.09. The zero-order valence-corrected chi connectivity index (χ0v) is 18.1. The van der Waals surface area contributed by atoms with Crippen LogP contribution in [-0.4, -0.2) is 4.57 Å². The monoisotopic (exact) mass is 409 g/mol. The molecule has 0 radical (unpaired) electrons. The second-order valence-electron chi connectivity index (χ2n) is 7.69. The highest BCUT2D eigenvalue weighted by Crippen LogP contribution is 2.39. The summed E-state index contributed by atoms with van der Waals surface area (Å²) in [5, 5.41) is 3.36. The normalized spacial score (nSPS) is 11.4. The summed E-state index contributed by atoms with van der Waals surface area (Å²) in [5.41, 5.74) is 8.91. The largest absolute Gasteiger partial charge is 0.309 e. The summed E-state index contributed by atoms with van der Waals surface area (Å²) in [5.74, 6) is 0. The van der Waals surface area contributed by atoms with Crippen molar-refractivity contribution in [1.82, 2.24) is 4.57 Å².